The van der Waals surface area contributed by atoms with E-state index in [4.69, 9.17) is 23.9 Å². The van der Waals surface area contributed by atoms with Crippen LogP contribution in [-0.4, -0.2) is 89.0 Å². The van der Waals surface area contributed by atoms with E-state index in [0.29, 0.717) is 42.0 Å². The molecule has 2 aromatic carbocycles. The van der Waals surface area contributed by atoms with E-state index in [2.05, 4.69) is 10.7 Å². The molecule has 276 valence electrons. The quantitative estimate of drug-likeness (QED) is 0.230. The van der Waals surface area contributed by atoms with E-state index in [0.717, 1.165) is 17.4 Å². The Hall–Kier alpha value is -5.33. The molecule has 0 bridgehead atoms. The molecule has 3 aromatic rings. The second-order valence-corrected chi connectivity index (χ2v) is 14.4. The Labute approximate surface area is 303 Å². The molecule has 6 rings (SSSR count). The van der Waals surface area contributed by atoms with Crippen LogP contribution in [0.25, 0.3) is 22.2 Å². The highest BCUT2D eigenvalue weighted by Gasteiger charge is 2.62. The average molecular weight is 714 g/mol. The van der Waals surface area contributed by atoms with Gasteiger partial charge in [-0.15, -0.1) is 0 Å². The Balaban J connectivity index is 1.35. The van der Waals surface area contributed by atoms with E-state index >= 15 is 0 Å². The normalized spacial score (nSPS) is 24.1. The molecule has 2 N–H and O–H groups in total. The molecule has 1 saturated carbocycles. The number of ether oxygens (including phenoxy) is 4. The number of aromatic nitrogens is 1. The van der Waals surface area contributed by atoms with Gasteiger partial charge >= 0.3 is 18.1 Å². The number of allylic oxidation sites excluding steroid dienone is 1. The lowest BCUT2D eigenvalue weighted by atomic mass is 10.1. The van der Waals surface area contributed by atoms with Gasteiger partial charge in [-0.1, -0.05) is 42.5 Å². The number of carbonyl (C=O) groups is 4. The molecule has 1 aliphatic carbocycles. The summed E-state index contributed by atoms with van der Waals surface area (Å²) >= 11 is 0. The van der Waals surface area contributed by atoms with Crippen molar-refractivity contribution in [3.05, 3.63) is 66.7 Å². The number of urea groups is 1. The Kier molecular flexibility index (Phi) is 10.6. The number of fused-ring (bicyclic) bond motifs is 3. The molecule has 0 spiro atoms. The van der Waals surface area contributed by atoms with Crippen molar-refractivity contribution in [1.29, 1.82) is 0 Å². The number of hydrogen-bond acceptors (Lipinski definition) is 9. The van der Waals surface area contributed by atoms with Crippen molar-refractivity contribution < 1.29 is 38.1 Å². The highest BCUT2D eigenvalue weighted by atomic mass is 16.6. The number of hydrogen-bond donors (Lipinski definition) is 2. The minimum Gasteiger partial charge on any atom is -0.497 e. The smallest absolute Gasteiger partial charge is 0.426 e. The Morgan fingerprint density at radius 1 is 1.08 bits per heavy atom. The standard InChI is InChI=1S/C39H47N5O8/c1-6-50-35(46)39-23-26(39)16-12-7-8-13-19-44(42-36(47)52-38(2,3)4)37(48)43-24-28(21-32(43)34(45)41-39)51-33-22-30(25-14-10-9-11-15-25)40-31-20-27(49-5)17-18-29(31)33/h9-12,14-18,20,22,26,28,32H,6-8,13,19,21,23-24H2,1-5H3,(H,41,45)(H,42,47)/b16-12-/t26?,28-,32+,39-/m1/s1. The van der Waals surface area contributed by atoms with Crippen LogP contribution in [0, 0.1) is 5.92 Å². The maximum Gasteiger partial charge on any atom is 0.426 e. The summed E-state index contributed by atoms with van der Waals surface area (Å²) in [5, 5.41) is 4.90. The van der Waals surface area contributed by atoms with Gasteiger partial charge in [0.25, 0.3) is 0 Å². The van der Waals surface area contributed by atoms with Crippen LogP contribution >= 0.6 is 0 Å². The zero-order valence-electron chi connectivity index (χ0n) is 30.3. The number of benzene rings is 2. The maximum atomic E-state index is 14.4. The van der Waals surface area contributed by atoms with Gasteiger partial charge < -0.3 is 29.2 Å². The topological polar surface area (TPSA) is 149 Å². The molecular formula is C39H47N5O8. The monoisotopic (exact) mass is 713 g/mol. The number of nitrogens with one attached hydrogen (secondary N) is 2. The van der Waals surface area contributed by atoms with Gasteiger partial charge in [0.1, 0.15) is 34.8 Å². The third kappa shape index (κ3) is 8.08. The Bertz CT molecular complexity index is 1840. The lowest BCUT2D eigenvalue weighted by Gasteiger charge is -2.32. The van der Waals surface area contributed by atoms with Crippen molar-refractivity contribution in [2.24, 2.45) is 5.92 Å². The fraction of sp³-hybridized carbons (Fsp3) is 0.462. The minimum absolute atomic E-state index is 0.0276. The van der Waals surface area contributed by atoms with Crippen molar-refractivity contribution >= 4 is 34.9 Å². The molecule has 2 fully saturated rings. The van der Waals surface area contributed by atoms with Crippen molar-refractivity contribution in [2.45, 2.75) is 83.1 Å². The third-order valence-corrected chi connectivity index (χ3v) is 9.38. The second kappa shape index (κ2) is 15.1. The van der Waals surface area contributed by atoms with Crippen LogP contribution in [0.15, 0.2) is 66.7 Å². The van der Waals surface area contributed by atoms with Gasteiger partial charge in [-0.25, -0.2) is 29.8 Å². The first-order valence-corrected chi connectivity index (χ1v) is 17.9. The lowest BCUT2D eigenvalue weighted by molar-refractivity contribution is -0.149. The largest absolute Gasteiger partial charge is 0.497 e. The average Bonchev–Trinajstić information content (AvgIpc) is 3.64. The molecular weight excluding hydrogens is 666 g/mol. The zero-order chi connectivity index (χ0) is 37.0. The third-order valence-electron chi connectivity index (χ3n) is 9.38. The van der Waals surface area contributed by atoms with Crippen molar-refractivity contribution in [2.75, 3.05) is 26.8 Å². The van der Waals surface area contributed by atoms with Crippen molar-refractivity contribution in [1.82, 2.24) is 25.6 Å². The van der Waals surface area contributed by atoms with Crippen LogP contribution in [0.3, 0.4) is 0 Å². The highest BCUT2D eigenvalue weighted by molar-refractivity contribution is 5.95. The van der Waals surface area contributed by atoms with Crippen molar-refractivity contribution in [3.63, 3.8) is 0 Å². The van der Waals surface area contributed by atoms with Crippen LogP contribution in [0.1, 0.15) is 59.8 Å². The van der Waals surface area contributed by atoms with E-state index < -0.39 is 47.3 Å². The van der Waals surface area contributed by atoms with Crippen LogP contribution < -0.4 is 20.2 Å². The van der Waals surface area contributed by atoms with Gasteiger partial charge in [0.2, 0.25) is 5.91 Å². The van der Waals surface area contributed by atoms with Crippen LogP contribution in [0.5, 0.6) is 11.5 Å². The highest BCUT2D eigenvalue weighted by Crippen LogP contribution is 2.46. The predicted octanol–water partition coefficient (Wildman–Crippen LogP) is 5.77. The minimum atomic E-state index is -1.22. The van der Waals surface area contributed by atoms with E-state index in [1.54, 1.807) is 34.8 Å². The lowest BCUT2D eigenvalue weighted by Crippen LogP contribution is -2.58. The number of methoxy groups -OCH3 is 1. The summed E-state index contributed by atoms with van der Waals surface area (Å²) in [4.78, 5) is 61.1. The Morgan fingerprint density at radius 2 is 1.87 bits per heavy atom. The number of rotatable bonds is 7. The van der Waals surface area contributed by atoms with Crippen LogP contribution in [-0.2, 0) is 19.1 Å². The predicted molar refractivity (Wildman–Crippen MR) is 193 cm³/mol. The number of amides is 4. The number of esters is 1. The van der Waals surface area contributed by atoms with Gasteiger partial charge in [0.15, 0.2) is 0 Å². The molecule has 4 atom stereocenters. The first kappa shape index (κ1) is 36.5. The second-order valence-electron chi connectivity index (χ2n) is 14.4. The molecule has 0 radical (unpaired) electrons. The summed E-state index contributed by atoms with van der Waals surface area (Å²) in [7, 11) is 1.59. The number of carbonyl (C=O) groups excluding carboxylic acids is 4. The summed E-state index contributed by atoms with van der Waals surface area (Å²) in [6.07, 6.45) is 5.02. The SMILES string of the molecule is CCOC(=O)[C@@]12CC1/C=C\CCCCN(NC(=O)OC(C)(C)C)C(=O)N1C[C@H](Oc3cc(-c4ccccc4)nc4cc(OC)ccc34)C[C@H]1C(=O)N2. The summed E-state index contributed by atoms with van der Waals surface area (Å²) < 4.78 is 23.0. The Morgan fingerprint density at radius 3 is 2.60 bits per heavy atom. The van der Waals surface area contributed by atoms with Gasteiger partial charge in [-0.3, -0.25) is 4.79 Å². The maximum absolute atomic E-state index is 14.4. The van der Waals surface area contributed by atoms with Crippen LogP contribution in [0.2, 0.25) is 0 Å². The molecule has 1 unspecified atom stereocenters. The van der Waals surface area contributed by atoms with Gasteiger partial charge in [-0.2, -0.15) is 0 Å². The molecule has 1 aromatic heterocycles. The van der Waals surface area contributed by atoms with E-state index in [-0.39, 0.29) is 32.0 Å². The molecule has 13 nitrogen and oxygen atoms in total. The molecule has 3 heterocycles. The molecule has 1 saturated heterocycles. The fourth-order valence-corrected chi connectivity index (χ4v) is 6.75. The summed E-state index contributed by atoms with van der Waals surface area (Å²) in [5.74, 6) is -0.0788. The van der Waals surface area contributed by atoms with Gasteiger partial charge in [-0.05, 0) is 65.5 Å². The summed E-state index contributed by atoms with van der Waals surface area (Å²) in [6, 6.07) is 15.5. The van der Waals surface area contributed by atoms with E-state index in [9.17, 15) is 19.2 Å². The molecule has 4 amide bonds. The molecule has 3 aliphatic rings. The first-order valence-electron chi connectivity index (χ1n) is 17.9. The molecule has 2 aliphatic heterocycles. The fourth-order valence-electron chi connectivity index (χ4n) is 6.75. The summed E-state index contributed by atoms with van der Waals surface area (Å²) in [5.41, 5.74) is 2.81. The number of hydrazine groups is 1. The van der Waals surface area contributed by atoms with Gasteiger partial charge in [0.05, 0.1) is 31.5 Å². The number of nitrogens with zero attached hydrogens (tertiary/aromatic N) is 3. The van der Waals surface area contributed by atoms with E-state index in [1.165, 1.54) is 9.91 Å². The zero-order valence-corrected chi connectivity index (χ0v) is 30.3. The van der Waals surface area contributed by atoms with Gasteiger partial charge in [0, 0.05) is 42.0 Å². The number of pyridine rings is 1. The van der Waals surface area contributed by atoms with Crippen molar-refractivity contribution in [3.8, 4) is 22.8 Å². The van der Waals surface area contributed by atoms with E-state index in [1.807, 2.05) is 66.7 Å². The molecule has 13 heteroatoms. The first-order chi connectivity index (χ1) is 24.9. The molecule has 52 heavy (non-hydrogen) atoms. The van der Waals surface area contributed by atoms with Crippen LogP contribution in [0.4, 0.5) is 9.59 Å². The summed E-state index contributed by atoms with van der Waals surface area (Å²) in [6.45, 7) is 7.31.